The number of carbonyl (C=O) groups is 3. The molecule has 0 amide bonds. The minimum absolute atomic E-state index is 0.0213. The van der Waals surface area contributed by atoms with Crippen molar-refractivity contribution in [3.63, 3.8) is 0 Å². The Balaban J connectivity index is 2.24. The summed E-state index contributed by atoms with van der Waals surface area (Å²) in [7, 11) is 1.49. The van der Waals surface area contributed by atoms with Crippen molar-refractivity contribution < 1.29 is 71.4 Å². The van der Waals surface area contributed by atoms with Crippen LogP contribution in [0.2, 0.25) is 0 Å². The molecule has 0 aliphatic heterocycles. The minimum Gasteiger partial charge on any atom is -0.463 e. The van der Waals surface area contributed by atoms with Gasteiger partial charge in [0.05, 0.1) is 116 Å². The average molecular weight is 706 g/mol. The SMILES string of the molecule is CCCOCCOC(=O)CCOCCOCCOCCOC(OC(=O)CCOCCOCCOC(=O)CCOC)c1ccccc1[N+](=O)[O-]. The third kappa shape index (κ3) is 24.5. The molecule has 0 spiro atoms. The number of rotatable bonds is 33. The van der Waals surface area contributed by atoms with Crippen LogP contribution in [0.5, 0.6) is 0 Å². The summed E-state index contributed by atoms with van der Waals surface area (Å²) in [4.78, 5) is 46.4. The molecule has 1 aromatic rings. The Hall–Kier alpha value is -3.29. The number of carbonyl (C=O) groups excluding carboxylic acids is 3. The van der Waals surface area contributed by atoms with Crippen LogP contribution < -0.4 is 0 Å². The highest BCUT2D eigenvalue weighted by Gasteiger charge is 2.26. The quantitative estimate of drug-likeness (QED) is 0.0258. The van der Waals surface area contributed by atoms with Crippen LogP contribution in [0.25, 0.3) is 0 Å². The van der Waals surface area contributed by atoms with E-state index < -0.39 is 17.2 Å². The van der Waals surface area contributed by atoms with Crippen molar-refractivity contribution >= 4 is 23.6 Å². The standard InChI is InChI=1S/C32H51NO16/c1-3-11-40-21-24-47-30(35)9-13-41-15-17-43-19-20-45-23-26-48-32(27-6-4-5-7-28(27)33(37)38)49-31(36)10-14-42-16-18-44-22-25-46-29(34)8-12-39-2/h4-7,32H,3,8-26H2,1-2H3. The van der Waals surface area contributed by atoms with Gasteiger partial charge in [-0.25, -0.2) is 0 Å². The number of hydrogen-bond acceptors (Lipinski definition) is 16. The topological polar surface area (TPSA) is 196 Å². The molecule has 0 saturated heterocycles. The lowest BCUT2D eigenvalue weighted by atomic mass is 10.1. The molecule has 0 bridgehead atoms. The highest BCUT2D eigenvalue weighted by Crippen LogP contribution is 2.28. The van der Waals surface area contributed by atoms with Crippen molar-refractivity contribution in [2.24, 2.45) is 0 Å². The van der Waals surface area contributed by atoms with Crippen LogP contribution in [0.3, 0.4) is 0 Å². The second-order valence-corrected chi connectivity index (χ2v) is 9.87. The predicted molar refractivity (Wildman–Crippen MR) is 171 cm³/mol. The number of ether oxygens (including phenoxy) is 11. The molecule has 0 aliphatic rings. The van der Waals surface area contributed by atoms with Crippen LogP contribution in [-0.4, -0.2) is 136 Å². The molecule has 17 heteroatoms. The molecule has 0 N–H and O–H groups in total. The molecule has 1 unspecified atom stereocenters. The van der Waals surface area contributed by atoms with Gasteiger partial charge in [0.1, 0.15) is 13.2 Å². The minimum atomic E-state index is -1.34. The molecule has 0 fully saturated rings. The second kappa shape index (κ2) is 30.7. The lowest BCUT2D eigenvalue weighted by molar-refractivity contribution is -0.387. The number of nitro benzene ring substituents is 1. The first kappa shape index (κ1) is 43.7. The predicted octanol–water partition coefficient (Wildman–Crippen LogP) is 2.57. The summed E-state index contributed by atoms with van der Waals surface area (Å²) in [5.74, 6) is -1.41. The fourth-order valence-electron chi connectivity index (χ4n) is 3.61. The van der Waals surface area contributed by atoms with Gasteiger partial charge in [0, 0.05) is 19.8 Å². The van der Waals surface area contributed by atoms with E-state index in [-0.39, 0.29) is 122 Å². The Labute approximate surface area is 286 Å². The van der Waals surface area contributed by atoms with Gasteiger partial charge in [-0.2, -0.15) is 0 Å². The molecule has 49 heavy (non-hydrogen) atoms. The zero-order chi connectivity index (χ0) is 35.8. The molecular weight excluding hydrogens is 654 g/mol. The van der Waals surface area contributed by atoms with Crippen molar-refractivity contribution in [2.45, 2.75) is 38.9 Å². The maximum atomic E-state index is 12.5. The van der Waals surface area contributed by atoms with E-state index in [0.29, 0.717) is 26.4 Å². The summed E-state index contributed by atoms with van der Waals surface area (Å²) in [6.45, 7) is 5.68. The Kier molecular flexibility index (Phi) is 27.4. The lowest BCUT2D eigenvalue weighted by Gasteiger charge is -2.19. The van der Waals surface area contributed by atoms with E-state index >= 15 is 0 Å². The van der Waals surface area contributed by atoms with E-state index in [0.717, 1.165) is 6.42 Å². The van der Waals surface area contributed by atoms with E-state index in [4.69, 9.17) is 52.1 Å². The molecular formula is C32H51NO16. The molecule has 280 valence electrons. The zero-order valence-corrected chi connectivity index (χ0v) is 28.5. The highest BCUT2D eigenvalue weighted by atomic mass is 16.7. The van der Waals surface area contributed by atoms with E-state index in [9.17, 15) is 24.5 Å². The van der Waals surface area contributed by atoms with Crippen LogP contribution in [-0.2, 0) is 66.5 Å². The second-order valence-electron chi connectivity index (χ2n) is 9.87. The van der Waals surface area contributed by atoms with Crippen molar-refractivity contribution in [2.75, 3.05) is 113 Å². The van der Waals surface area contributed by atoms with Gasteiger partial charge in [0.15, 0.2) is 0 Å². The molecule has 1 rings (SSSR count). The fraction of sp³-hybridized carbons (Fsp3) is 0.719. The monoisotopic (exact) mass is 705 g/mol. The molecule has 0 saturated carbocycles. The number of nitrogens with zero attached hydrogens (tertiary/aromatic N) is 1. The largest absolute Gasteiger partial charge is 0.463 e. The van der Waals surface area contributed by atoms with Crippen LogP contribution in [0.4, 0.5) is 5.69 Å². The van der Waals surface area contributed by atoms with Gasteiger partial charge in [0.2, 0.25) is 6.29 Å². The van der Waals surface area contributed by atoms with Crippen molar-refractivity contribution in [3.8, 4) is 0 Å². The third-order valence-corrected chi connectivity index (χ3v) is 5.98. The van der Waals surface area contributed by atoms with E-state index in [1.54, 1.807) is 6.07 Å². The zero-order valence-electron chi connectivity index (χ0n) is 28.5. The summed E-state index contributed by atoms with van der Waals surface area (Å²) >= 11 is 0. The number of nitro groups is 1. The highest BCUT2D eigenvalue weighted by molar-refractivity contribution is 5.70. The van der Waals surface area contributed by atoms with Gasteiger partial charge in [-0.3, -0.25) is 24.5 Å². The maximum Gasteiger partial charge on any atom is 0.310 e. The van der Waals surface area contributed by atoms with E-state index in [1.165, 1.54) is 25.3 Å². The third-order valence-electron chi connectivity index (χ3n) is 5.98. The number of para-hydroxylation sites is 1. The van der Waals surface area contributed by atoms with Crippen LogP contribution in [0.1, 0.15) is 44.5 Å². The first-order valence-corrected chi connectivity index (χ1v) is 16.2. The molecule has 1 aromatic carbocycles. The van der Waals surface area contributed by atoms with Gasteiger partial charge >= 0.3 is 17.9 Å². The van der Waals surface area contributed by atoms with Crippen LogP contribution in [0.15, 0.2) is 24.3 Å². The van der Waals surface area contributed by atoms with Crippen LogP contribution in [0, 0.1) is 10.1 Å². The van der Waals surface area contributed by atoms with Crippen molar-refractivity contribution in [3.05, 3.63) is 39.9 Å². The molecule has 17 nitrogen and oxygen atoms in total. The molecule has 0 heterocycles. The summed E-state index contributed by atoms with van der Waals surface area (Å²) < 4.78 is 58.0. The van der Waals surface area contributed by atoms with Gasteiger partial charge in [-0.1, -0.05) is 19.1 Å². The molecule has 0 radical (unpaired) electrons. The first-order chi connectivity index (χ1) is 23.9. The molecule has 1 atom stereocenters. The van der Waals surface area contributed by atoms with Crippen molar-refractivity contribution in [1.29, 1.82) is 0 Å². The van der Waals surface area contributed by atoms with E-state index in [2.05, 4.69) is 0 Å². The first-order valence-electron chi connectivity index (χ1n) is 16.2. The van der Waals surface area contributed by atoms with Gasteiger partial charge in [-0.05, 0) is 12.5 Å². The number of benzene rings is 1. The summed E-state index contributed by atoms with van der Waals surface area (Å²) in [5.41, 5.74) is -0.181. The van der Waals surface area contributed by atoms with Gasteiger partial charge in [0.25, 0.3) is 5.69 Å². The summed E-state index contributed by atoms with van der Waals surface area (Å²) in [6, 6.07) is 5.81. The van der Waals surface area contributed by atoms with Gasteiger partial charge in [-0.15, -0.1) is 0 Å². The number of hydrogen-bond donors (Lipinski definition) is 0. The fourth-order valence-corrected chi connectivity index (χ4v) is 3.61. The van der Waals surface area contributed by atoms with E-state index in [1.807, 2.05) is 6.92 Å². The van der Waals surface area contributed by atoms with Crippen LogP contribution >= 0.6 is 0 Å². The molecule has 0 aliphatic carbocycles. The Bertz CT molecular complexity index is 1030. The summed E-state index contributed by atoms with van der Waals surface area (Å²) in [5, 5.41) is 11.6. The maximum absolute atomic E-state index is 12.5. The van der Waals surface area contributed by atoms with Crippen molar-refractivity contribution in [1.82, 2.24) is 0 Å². The Morgan fingerprint density at radius 3 is 1.59 bits per heavy atom. The molecule has 0 aromatic heterocycles. The smallest absolute Gasteiger partial charge is 0.310 e. The average Bonchev–Trinajstić information content (AvgIpc) is 3.09. The Morgan fingerprint density at radius 1 is 0.612 bits per heavy atom. The number of methoxy groups -OCH3 is 1. The number of esters is 3. The lowest BCUT2D eigenvalue weighted by Crippen LogP contribution is -2.20. The summed E-state index contributed by atoms with van der Waals surface area (Å²) in [6.07, 6.45) is -0.256. The Morgan fingerprint density at radius 2 is 1.06 bits per heavy atom. The normalized spacial score (nSPS) is 11.6. The van der Waals surface area contributed by atoms with Gasteiger partial charge < -0.3 is 52.1 Å².